The van der Waals surface area contributed by atoms with Crippen LogP contribution >= 0.6 is 0 Å². The van der Waals surface area contributed by atoms with Gasteiger partial charge in [0, 0.05) is 13.0 Å². The summed E-state index contributed by atoms with van der Waals surface area (Å²) in [4.78, 5) is 37.8. The Morgan fingerprint density at radius 1 is 1.19 bits per heavy atom. The SMILES string of the molecule is CCCCCCCC(O)C(C)(C)C(=O)NCc1cn(CCCCC#C[C@]2(O)C(C)(C)C(=O)N[C@@]2(CO)C(=O)OC)nn1. The average molecular weight is 592 g/mol. The van der Waals surface area contributed by atoms with Crippen molar-refractivity contribution in [1.29, 1.82) is 0 Å². The van der Waals surface area contributed by atoms with E-state index in [0.29, 0.717) is 37.9 Å². The minimum atomic E-state index is -2.18. The van der Waals surface area contributed by atoms with Gasteiger partial charge in [0.15, 0.2) is 5.60 Å². The van der Waals surface area contributed by atoms with E-state index in [1.807, 2.05) is 0 Å². The zero-order chi connectivity index (χ0) is 31.6. The molecular formula is C30H49N5O7. The van der Waals surface area contributed by atoms with E-state index in [0.717, 1.165) is 32.8 Å². The van der Waals surface area contributed by atoms with Crippen LogP contribution in [0.1, 0.15) is 98.1 Å². The molecular weight excluding hydrogens is 542 g/mol. The number of hydrogen-bond donors (Lipinski definition) is 5. The van der Waals surface area contributed by atoms with Crippen molar-refractivity contribution in [2.75, 3.05) is 13.7 Å². The first-order valence-corrected chi connectivity index (χ1v) is 14.8. The summed E-state index contributed by atoms with van der Waals surface area (Å²) in [5.74, 6) is 3.70. The molecule has 1 aromatic rings. The van der Waals surface area contributed by atoms with Crippen molar-refractivity contribution in [3.8, 4) is 11.8 Å². The number of unbranched alkanes of at least 4 members (excludes halogenated alkanes) is 6. The first-order chi connectivity index (χ1) is 19.7. The van der Waals surface area contributed by atoms with E-state index in [9.17, 15) is 29.7 Å². The van der Waals surface area contributed by atoms with E-state index in [1.165, 1.54) is 20.3 Å². The summed E-state index contributed by atoms with van der Waals surface area (Å²) in [6, 6.07) is 0. The zero-order valence-corrected chi connectivity index (χ0v) is 26.0. The highest BCUT2D eigenvalue weighted by Gasteiger charge is 2.72. The highest BCUT2D eigenvalue weighted by atomic mass is 16.5. The zero-order valence-electron chi connectivity index (χ0n) is 26.0. The van der Waals surface area contributed by atoms with Gasteiger partial charge in [-0.2, -0.15) is 0 Å². The number of rotatable bonds is 16. The van der Waals surface area contributed by atoms with Crippen molar-refractivity contribution >= 4 is 17.8 Å². The number of aromatic nitrogens is 3. The first-order valence-electron chi connectivity index (χ1n) is 14.8. The summed E-state index contributed by atoms with van der Waals surface area (Å²) in [5, 5.41) is 45.4. The highest BCUT2D eigenvalue weighted by molar-refractivity contribution is 5.99. The number of aliphatic hydroxyl groups excluding tert-OH is 2. The van der Waals surface area contributed by atoms with Gasteiger partial charge in [-0.3, -0.25) is 14.3 Å². The summed E-state index contributed by atoms with van der Waals surface area (Å²) in [6.45, 7) is 8.45. The number of carbonyl (C=O) groups excluding carboxylic acids is 3. The van der Waals surface area contributed by atoms with Crippen LogP contribution in [-0.4, -0.2) is 79.1 Å². The number of nitrogens with zero attached hydrogens (tertiary/aromatic N) is 3. The van der Waals surface area contributed by atoms with Crippen molar-refractivity contribution in [3.05, 3.63) is 11.9 Å². The molecule has 42 heavy (non-hydrogen) atoms. The number of carbonyl (C=O) groups is 3. The molecule has 1 fully saturated rings. The summed E-state index contributed by atoms with van der Waals surface area (Å²) >= 11 is 0. The maximum Gasteiger partial charge on any atom is 0.338 e. The van der Waals surface area contributed by atoms with Gasteiger partial charge in [-0.05, 0) is 47.0 Å². The molecule has 2 rings (SSSR count). The Labute approximate surface area is 249 Å². The van der Waals surface area contributed by atoms with Crippen LogP contribution in [0.5, 0.6) is 0 Å². The monoisotopic (exact) mass is 591 g/mol. The third-order valence-corrected chi connectivity index (χ3v) is 8.41. The van der Waals surface area contributed by atoms with Crippen LogP contribution in [0.4, 0.5) is 0 Å². The maximum atomic E-state index is 12.8. The van der Waals surface area contributed by atoms with E-state index < -0.39 is 46.6 Å². The van der Waals surface area contributed by atoms with Crippen molar-refractivity contribution in [3.63, 3.8) is 0 Å². The van der Waals surface area contributed by atoms with Gasteiger partial charge in [-0.25, -0.2) is 4.79 Å². The minimum Gasteiger partial charge on any atom is -0.467 e. The van der Waals surface area contributed by atoms with Crippen molar-refractivity contribution in [2.45, 2.75) is 123 Å². The molecule has 1 aliphatic heterocycles. The summed E-state index contributed by atoms with van der Waals surface area (Å²) in [7, 11) is 1.11. The summed E-state index contributed by atoms with van der Waals surface area (Å²) in [6.07, 6.45) is 8.72. The number of ether oxygens (including phenoxy) is 1. The Bertz CT molecular complexity index is 1140. The second kappa shape index (κ2) is 14.9. The number of amides is 2. The third-order valence-electron chi connectivity index (χ3n) is 8.41. The van der Waals surface area contributed by atoms with Gasteiger partial charge in [0.2, 0.25) is 17.4 Å². The van der Waals surface area contributed by atoms with Crippen LogP contribution in [-0.2, 0) is 32.2 Å². The molecule has 1 unspecified atom stereocenters. The van der Waals surface area contributed by atoms with Crippen LogP contribution in [0.3, 0.4) is 0 Å². The van der Waals surface area contributed by atoms with Crippen molar-refractivity contribution in [1.82, 2.24) is 25.6 Å². The molecule has 12 heteroatoms. The normalized spacial score (nSPS) is 22.2. The third kappa shape index (κ3) is 7.49. The molecule has 1 aromatic heterocycles. The number of nitrogens with one attached hydrogen (secondary N) is 2. The lowest BCUT2D eigenvalue weighted by Gasteiger charge is -2.39. The van der Waals surface area contributed by atoms with Crippen LogP contribution in [0.25, 0.3) is 0 Å². The smallest absolute Gasteiger partial charge is 0.338 e. The standard InChI is InChI=1S/C30H49N5O7/c1-7-8-9-10-13-16-23(37)27(2,3)24(38)31-19-22-20-35(34-33-22)18-15-12-11-14-17-30(41)28(4,5)25(39)32-29(30,21-36)26(40)42-6/h20,23,36-37,41H,7-13,15-16,18-19,21H2,1-6H3,(H,31,38)(H,32,39)/t23?,29-,30-/m0/s1. The maximum absolute atomic E-state index is 12.8. The number of aliphatic hydroxyl groups is 3. The van der Waals surface area contributed by atoms with E-state index >= 15 is 0 Å². The Morgan fingerprint density at radius 3 is 2.52 bits per heavy atom. The molecule has 3 atom stereocenters. The van der Waals surface area contributed by atoms with Gasteiger partial charge in [0.1, 0.15) is 5.69 Å². The second-order valence-electron chi connectivity index (χ2n) is 12.2. The molecule has 0 saturated carbocycles. The largest absolute Gasteiger partial charge is 0.467 e. The molecule has 1 aliphatic rings. The number of hydrogen-bond acceptors (Lipinski definition) is 9. The number of methoxy groups -OCH3 is 1. The van der Waals surface area contributed by atoms with Gasteiger partial charge >= 0.3 is 5.97 Å². The molecule has 0 bridgehead atoms. The molecule has 5 N–H and O–H groups in total. The molecule has 2 heterocycles. The van der Waals surface area contributed by atoms with E-state index in [4.69, 9.17) is 4.74 Å². The van der Waals surface area contributed by atoms with Crippen molar-refractivity contribution in [2.24, 2.45) is 10.8 Å². The van der Waals surface area contributed by atoms with Gasteiger partial charge in [0.25, 0.3) is 0 Å². The molecule has 0 radical (unpaired) electrons. The predicted octanol–water partition coefficient (Wildman–Crippen LogP) is 1.61. The lowest BCUT2D eigenvalue weighted by Crippen LogP contribution is -2.67. The summed E-state index contributed by atoms with van der Waals surface area (Å²) < 4.78 is 6.41. The molecule has 0 spiro atoms. The van der Waals surface area contributed by atoms with Crippen molar-refractivity contribution < 1.29 is 34.4 Å². The molecule has 12 nitrogen and oxygen atoms in total. The van der Waals surface area contributed by atoms with Gasteiger partial charge in [-0.1, -0.05) is 50.2 Å². The number of aryl methyl sites for hydroxylation is 1. The Kier molecular flexibility index (Phi) is 12.5. The quantitative estimate of drug-likeness (QED) is 0.109. The Balaban J connectivity index is 1.85. The van der Waals surface area contributed by atoms with E-state index in [2.05, 4.69) is 39.7 Å². The van der Waals surface area contributed by atoms with Crippen LogP contribution in [0.2, 0.25) is 0 Å². The molecule has 0 aromatic carbocycles. The first kappa shape index (κ1) is 35.2. The highest BCUT2D eigenvalue weighted by Crippen LogP contribution is 2.45. The van der Waals surface area contributed by atoms with Gasteiger partial charge in [0.05, 0.1) is 43.4 Å². The lowest BCUT2D eigenvalue weighted by molar-refractivity contribution is -0.162. The Hall–Kier alpha value is -3.01. The number of esters is 1. The topological polar surface area (TPSA) is 176 Å². The van der Waals surface area contributed by atoms with Gasteiger partial charge < -0.3 is 30.7 Å². The van der Waals surface area contributed by atoms with Crippen LogP contribution in [0, 0.1) is 22.7 Å². The fourth-order valence-corrected chi connectivity index (χ4v) is 5.05. The van der Waals surface area contributed by atoms with E-state index in [-0.39, 0.29) is 12.5 Å². The fourth-order valence-electron chi connectivity index (χ4n) is 5.05. The van der Waals surface area contributed by atoms with E-state index in [1.54, 1.807) is 24.7 Å². The average Bonchev–Trinajstić information content (AvgIpc) is 3.47. The molecule has 1 saturated heterocycles. The van der Waals surface area contributed by atoms with Crippen LogP contribution in [0.15, 0.2) is 6.20 Å². The van der Waals surface area contributed by atoms with Gasteiger partial charge in [-0.15, -0.1) is 11.0 Å². The fraction of sp³-hybridized carbons (Fsp3) is 0.767. The molecule has 0 aliphatic carbocycles. The molecule has 236 valence electrons. The minimum absolute atomic E-state index is 0.199. The lowest BCUT2D eigenvalue weighted by atomic mass is 9.68. The molecule has 2 amide bonds. The summed E-state index contributed by atoms with van der Waals surface area (Å²) in [5.41, 5.74) is -6.05. The predicted molar refractivity (Wildman–Crippen MR) is 155 cm³/mol. The Morgan fingerprint density at radius 2 is 1.88 bits per heavy atom. The van der Waals surface area contributed by atoms with Crippen LogP contribution < -0.4 is 10.6 Å². The second-order valence-corrected chi connectivity index (χ2v) is 12.2.